The molecule has 0 fully saturated rings. The summed E-state index contributed by atoms with van der Waals surface area (Å²) in [6.07, 6.45) is 0.633. The molecule has 2 heterocycles. The SMILES string of the molecule is O=C(c1ccc(-c2ccccc2)cc1)N1CCc2noc(-c3ccc(F)cc3)c2C1. The Labute approximate surface area is 173 Å². The van der Waals surface area contributed by atoms with E-state index >= 15 is 0 Å². The molecule has 0 saturated carbocycles. The molecule has 5 heteroatoms. The second kappa shape index (κ2) is 7.59. The van der Waals surface area contributed by atoms with Crippen molar-refractivity contribution in [2.45, 2.75) is 13.0 Å². The first-order chi connectivity index (χ1) is 14.7. The third-order valence-corrected chi connectivity index (χ3v) is 5.47. The van der Waals surface area contributed by atoms with E-state index in [1.807, 2.05) is 59.5 Å². The predicted molar refractivity (Wildman–Crippen MR) is 112 cm³/mol. The van der Waals surface area contributed by atoms with E-state index in [1.165, 1.54) is 12.1 Å². The molecule has 148 valence electrons. The molecule has 0 radical (unpaired) electrons. The van der Waals surface area contributed by atoms with E-state index in [-0.39, 0.29) is 11.7 Å². The molecule has 4 aromatic rings. The number of nitrogens with zero attached hydrogens (tertiary/aromatic N) is 2. The van der Waals surface area contributed by atoms with Crippen LogP contribution in [0.4, 0.5) is 4.39 Å². The molecule has 1 aliphatic rings. The zero-order valence-electron chi connectivity index (χ0n) is 16.2. The number of aromatic nitrogens is 1. The Kier molecular flexibility index (Phi) is 4.64. The molecule has 3 aromatic carbocycles. The highest BCUT2D eigenvalue weighted by atomic mass is 19.1. The molecule has 5 rings (SSSR count). The molecule has 4 nitrogen and oxygen atoms in total. The van der Waals surface area contributed by atoms with E-state index < -0.39 is 0 Å². The van der Waals surface area contributed by atoms with Crippen molar-refractivity contribution in [3.8, 4) is 22.5 Å². The third-order valence-electron chi connectivity index (χ3n) is 5.47. The fourth-order valence-electron chi connectivity index (χ4n) is 3.83. The molecular formula is C25H19FN2O2. The smallest absolute Gasteiger partial charge is 0.254 e. The van der Waals surface area contributed by atoms with E-state index in [2.05, 4.69) is 5.16 Å². The lowest BCUT2D eigenvalue weighted by Crippen LogP contribution is -2.35. The molecule has 0 atom stereocenters. The minimum atomic E-state index is -0.303. The number of rotatable bonds is 3. The van der Waals surface area contributed by atoms with E-state index in [4.69, 9.17) is 4.52 Å². The largest absolute Gasteiger partial charge is 0.356 e. The maximum atomic E-state index is 13.3. The van der Waals surface area contributed by atoms with Crippen molar-refractivity contribution in [2.24, 2.45) is 0 Å². The molecule has 1 aromatic heterocycles. The van der Waals surface area contributed by atoms with Gasteiger partial charge in [-0.3, -0.25) is 4.79 Å². The number of fused-ring (bicyclic) bond motifs is 1. The van der Waals surface area contributed by atoms with E-state index in [9.17, 15) is 9.18 Å². The summed E-state index contributed by atoms with van der Waals surface area (Å²) in [6.45, 7) is 1.01. The van der Waals surface area contributed by atoms with Crippen LogP contribution in [0.1, 0.15) is 21.6 Å². The molecule has 30 heavy (non-hydrogen) atoms. The molecule has 0 N–H and O–H groups in total. The van der Waals surface area contributed by atoms with Crippen LogP contribution in [0.25, 0.3) is 22.5 Å². The second-order valence-electron chi connectivity index (χ2n) is 7.36. The highest BCUT2D eigenvalue weighted by Gasteiger charge is 2.28. The third kappa shape index (κ3) is 3.39. The van der Waals surface area contributed by atoms with Crippen LogP contribution in [0.5, 0.6) is 0 Å². The van der Waals surface area contributed by atoms with Gasteiger partial charge in [-0.2, -0.15) is 0 Å². The van der Waals surface area contributed by atoms with Gasteiger partial charge in [0.2, 0.25) is 0 Å². The Morgan fingerprint density at radius 1 is 0.867 bits per heavy atom. The van der Waals surface area contributed by atoms with Gasteiger partial charge in [-0.15, -0.1) is 0 Å². The van der Waals surface area contributed by atoms with Crippen LogP contribution in [-0.4, -0.2) is 22.5 Å². The van der Waals surface area contributed by atoms with Crippen molar-refractivity contribution in [1.29, 1.82) is 0 Å². The number of carbonyl (C=O) groups excluding carboxylic acids is 1. The lowest BCUT2D eigenvalue weighted by molar-refractivity contribution is 0.0734. The highest BCUT2D eigenvalue weighted by Crippen LogP contribution is 2.31. The minimum absolute atomic E-state index is 0.0217. The van der Waals surface area contributed by atoms with Gasteiger partial charge in [-0.05, 0) is 47.5 Å². The summed E-state index contributed by atoms with van der Waals surface area (Å²) in [5.41, 5.74) is 5.35. The maximum Gasteiger partial charge on any atom is 0.254 e. The lowest BCUT2D eigenvalue weighted by atomic mass is 10.00. The number of halogens is 1. The Morgan fingerprint density at radius 2 is 1.53 bits per heavy atom. The molecule has 1 aliphatic heterocycles. The number of amides is 1. The first-order valence-corrected chi connectivity index (χ1v) is 9.87. The first kappa shape index (κ1) is 18.3. The second-order valence-corrected chi connectivity index (χ2v) is 7.36. The number of carbonyl (C=O) groups is 1. The summed E-state index contributed by atoms with van der Waals surface area (Å²) in [5, 5.41) is 4.16. The summed E-state index contributed by atoms with van der Waals surface area (Å²) in [7, 11) is 0. The summed E-state index contributed by atoms with van der Waals surface area (Å²) < 4.78 is 18.8. The first-order valence-electron chi connectivity index (χ1n) is 9.87. The number of hydrogen-bond donors (Lipinski definition) is 0. The number of benzene rings is 3. The molecule has 0 bridgehead atoms. The minimum Gasteiger partial charge on any atom is -0.356 e. The van der Waals surface area contributed by atoms with Crippen LogP contribution >= 0.6 is 0 Å². The average Bonchev–Trinajstić information content (AvgIpc) is 3.23. The van der Waals surface area contributed by atoms with Gasteiger partial charge in [0.05, 0.1) is 12.2 Å². The Bertz CT molecular complexity index is 1180. The zero-order chi connectivity index (χ0) is 20.5. The van der Waals surface area contributed by atoms with Crippen LogP contribution in [0, 0.1) is 5.82 Å². The average molecular weight is 398 g/mol. The van der Waals surface area contributed by atoms with Gasteiger partial charge >= 0.3 is 0 Å². The number of hydrogen-bond acceptors (Lipinski definition) is 3. The quantitative estimate of drug-likeness (QED) is 0.468. The van der Waals surface area contributed by atoms with Gasteiger partial charge in [-0.1, -0.05) is 47.6 Å². The maximum absolute atomic E-state index is 13.3. The van der Waals surface area contributed by atoms with Crippen LogP contribution in [0.15, 0.2) is 83.4 Å². The van der Waals surface area contributed by atoms with Crippen molar-refractivity contribution < 1.29 is 13.7 Å². The van der Waals surface area contributed by atoms with Crippen LogP contribution in [-0.2, 0) is 13.0 Å². The van der Waals surface area contributed by atoms with Gasteiger partial charge in [-0.25, -0.2) is 4.39 Å². The standard InChI is InChI=1S/C25H19FN2O2/c26-21-12-10-19(11-13-21)24-22-16-28(15-14-23(22)27-30-24)25(29)20-8-6-18(7-9-20)17-4-2-1-3-5-17/h1-13H,14-16H2. The monoisotopic (exact) mass is 398 g/mol. The van der Waals surface area contributed by atoms with Crippen molar-refractivity contribution in [1.82, 2.24) is 10.1 Å². The summed E-state index contributed by atoms with van der Waals surface area (Å²) in [4.78, 5) is 14.9. The highest BCUT2D eigenvalue weighted by molar-refractivity contribution is 5.95. The molecule has 0 saturated heterocycles. The Morgan fingerprint density at radius 3 is 2.27 bits per heavy atom. The van der Waals surface area contributed by atoms with E-state index in [1.54, 1.807) is 12.1 Å². The lowest BCUT2D eigenvalue weighted by Gasteiger charge is -2.26. The predicted octanol–water partition coefficient (Wildman–Crippen LogP) is 5.35. The van der Waals surface area contributed by atoms with Crippen molar-refractivity contribution >= 4 is 5.91 Å². The molecular weight excluding hydrogens is 379 g/mol. The van der Waals surface area contributed by atoms with Crippen LogP contribution < -0.4 is 0 Å². The van der Waals surface area contributed by atoms with E-state index in [0.29, 0.717) is 30.8 Å². The Balaban J connectivity index is 1.37. The van der Waals surface area contributed by atoms with Crippen molar-refractivity contribution in [2.75, 3.05) is 6.54 Å². The van der Waals surface area contributed by atoms with Gasteiger partial charge in [0.15, 0.2) is 5.76 Å². The van der Waals surface area contributed by atoms with Gasteiger partial charge in [0, 0.05) is 29.7 Å². The fourth-order valence-corrected chi connectivity index (χ4v) is 3.83. The Hall–Kier alpha value is -3.73. The van der Waals surface area contributed by atoms with Crippen LogP contribution in [0.2, 0.25) is 0 Å². The zero-order valence-corrected chi connectivity index (χ0v) is 16.2. The van der Waals surface area contributed by atoms with Gasteiger partial charge < -0.3 is 9.42 Å². The summed E-state index contributed by atoms with van der Waals surface area (Å²) >= 11 is 0. The van der Waals surface area contributed by atoms with E-state index in [0.717, 1.165) is 27.9 Å². The van der Waals surface area contributed by atoms with Gasteiger partial charge in [0.1, 0.15) is 5.82 Å². The summed E-state index contributed by atoms with van der Waals surface area (Å²) in [6, 6.07) is 23.9. The topological polar surface area (TPSA) is 46.3 Å². The van der Waals surface area contributed by atoms with Crippen molar-refractivity contribution in [3.05, 3.63) is 102 Å². The normalized spacial score (nSPS) is 13.2. The van der Waals surface area contributed by atoms with Crippen LogP contribution in [0.3, 0.4) is 0 Å². The molecule has 0 unspecified atom stereocenters. The summed E-state index contributed by atoms with van der Waals surface area (Å²) in [5.74, 6) is 0.274. The molecule has 0 aliphatic carbocycles. The fraction of sp³-hybridized carbons (Fsp3) is 0.120. The molecule has 0 spiro atoms. The van der Waals surface area contributed by atoms with Gasteiger partial charge in [0.25, 0.3) is 5.91 Å². The van der Waals surface area contributed by atoms with Crippen molar-refractivity contribution in [3.63, 3.8) is 0 Å². The molecule has 1 amide bonds.